The number of hydrogen-bond acceptors (Lipinski definition) is 5. The van der Waals surface area contributed by atoms with Crippen LogP contribution in [0.2, 0.25) is 19.6 Å². The Morgan fingerprint density at radius 2 is 1.92 bits per heavy atom. The van der Waals surface area contributed by atoms with Crippen molar-refractivity contribution in [3.63, 3.8) is 0 Å². The van der Waals surface area contributed by atoms with Crippen LogP contribution >= 0.6 is 0 Å². The molecule has 3 rings (SSSR count). The van der Waals surface area contributed by atoms with E-state index in [1.165, 1.54) is 19.3 Å². The second kappa shape index (κ2) is 7.29. The maximum atomic E-state index is 6.42. The smallest absolute Gasteiger partial charge is 0.241 e. The maximum Gasteiger partial charge on any atom is 0.241 e. The van der Waals surface area contributed by atoms with Crippen molar-refractivity contribution in [1.29, 1.82) is 0 Å². The Balaban J connectivity index is 1.78. The first-order valence-corrected chi connectivity index (χ1v) is 12.4. The summed E-state index contributed by atoms with van der Waals surface area (Å²) in [6.07, 6.45) is 9.54. The molecule has 0 bridgehead atoms. The summed E-state index contributed by atoms with van der Waals surface area (Å²) in [6.45, 7) is 7.34. The first kappa shape index (κ1) is 18.1. The zero-order valence-electron chi connectivity index (χ0n) is 15.3. The summed E-state index contributed by atoms with van der Waals surface area (Å²) in [6, 6.07) is 0. The van der Waals surface area contributed by atoms with Crippen LogP contribution in [0.3, 0.4) is 0 Å². The zero-order valence-corrected chi connectivity index (χ0v) is 16.3. The zero-order chi connectivity index (χ0) is 17.2. The van der Waals surface area contributed by atoms with Gasteiger partial charge in [-0.05, 0) is 50.2 Å². The summed E-state index contributed by atoms with van der Waals surface area (Å²) in [5.41, 5.74) is 1.07. The summed E-state index contributed by atoms with van der Waals surface area (Å²) in [4.78, 5) is 0. The SMILES string of the molecule is COCOCC1=C[C@@H]2OC3(CCCCC3)O[C@@H]2C(O[Si](C)(C)C)=C1. The summed E-state index contributed by atoms with van der Waals surface area (Å²) >= 11 is 0. The average Bonchev–Trinajstić information content (AvgIpc) is 2.85. The van der Waals surface area contributed by atoms with Crippen molar-refractivity contribution >= 4 is 8.32 Å². The Kier molecular flexibility index (Phi) is 5.51. The molecule has 2 atom stereocenters. The van der Waals surface area contributed by atoms with Gasteiger partial charge in [0, 0.05) is 20.0 Å². The molecule has 2 fully saturated rings. The Morgan fingerprint density at radius 3 is 2.58 bits per heavy atom. The molecule has 3 aliphatic rings. The molecule has 0 radical (unpaired) electrons. The number of rotatable bonds is 6. The van der Waals surface area contributed by atoms with E-state index >= 15 is 0 Å². The lowest BCUT2D eigenvalue weighted by atomic mass is 9.94. The quantitative estimate of drug-likeness (QED) is 0.413. The van der Waals surface area contributed by atoms with Crippen molar-refractivity contribution in [2.45, 2.75) is 69.7 Å². The Bertz CT molecular complexity index is 502. The minimum Gasteiger partial charge on any atom is -0.545 e. The van der Waals surface area contributed by atoms with E-state index in [2.05, 4.69) is 31.8 Å². The van der Waals surface area contributed by atoms with Crippen molar-refractivity contribution in [2.75, 3.05) is 20.5 Å². The number of hydrogen-bond donors (Lipinski definition) is 0. The normalized spacial score (nSPS) is 29.2. The fourth-order valence-corrected chi connectivity index (χ4v) is 4.48. The standard InChI is InChI=1S/C18H30O5Si/c1-19-13-20-12-14-10-15-17(16(11-14)23-24(2,3)4)22-18(21-15)8-6-5-7-9-18/h10-11,15,17H,5-9,12-13H2,1-4H3/t15-,17-/m0/s1. The van der Waals surface area contributed by atoms with Gasteiger partial charge in [-0.25, -0.2) is 0 Å². The van der Waals surface area contributed by atoms with Gasteiger partial charge in [0.25, 0.3) is 0 Å². The lowest BCUT2D eigenvalue weighted by Crippen LogP contribution is -2.35. The third-order valence-electron chi connectivity index (χ3n) is 4.49. The van der Waals surface area contributed by atoms with Crippen LogP contribution in [0, 0.1) is 0 Å². The molecular formula is C18H30O5Si. The summed E-state index contributed by atoms with van der Waals surface area (Å²) in [7, 11) is -0.103. The van der Waals surface area contributed by atoms with Gasteiger partial charge in [0.15, 0.2) is 5.79 Å². The minimum absolute atomic E-state index is 0.0828. The molecule has 136 valence electrons. The predicted molar refractivity (Wildman–Crippen MR) is 94.0 cm³/mol. The molecule has 0 N–H and O–H groups in total. The van der Waals surface area contributed by atoms with Crippen molar-refractivity contribution < 1.29 is 23.4 Å². The molecular weight excluding hydrogens is 324 g/mol. The molecule has 0 aromatic heterocycles. The molecule has 2 aliphatic carbocycles. The molecule has 5 nitrogen and oxygen atoms in total. The lowest BCUT2D eigenvalue weighted by molar-refractivity contribution is -0.190. The average molecular weight is 355 g/mol. The van der Waals surface area contributed by atoms with Crippen LogP contribution in [0.15, 0.2) is 23.5 Å². The Labute approximate surface area is 146 Å². The van der Waals surface area contributed by atoms with Crippen molar-refractivity contribution in [1.82, 2.24) is 0 Å². The molecule has 1 aliphatic heterocycles. The van der Waals surface area contributed by atoms with Crippen molar-refractivity contribution in [3.05, 3.63) is 23.5 Å². The first-order chi connectivity index (χ1) is 11.4. The molecule has 0 amide bonds. The van der Waals surface area contributed by atoms with Crippen molar-refractivity contribution in [2.24, 2.45) is 0 Å². The second-order valence-corrected chi connectivity index (χ2v) is 12.3. The van der Waals surface area contributed by atoms with E-state index in [-0.39, 0.29) is 19.0 Å². The van der Waals surface area contributed by atoms with Crippen LogP contribution in [0.25, 0.3) is 0 Å². The molecule has 6 heteroatoms. The molecule has 0 aromatic carbocycles. The van der Waals surface area contributed by atoms with E-state index in [1.807, 2.05) is 0 Å². The molecule has 1 heterocycles. The van der Waals surface area contributed by atoms with Gasteiger partial charge in [0.1, 0.15) is 24.8 Å². The third-order valence-corrected chi connectivity index (χ3v) is 5.33. The van der Waals surface area contributed by atoms with Crippen molar-refractivity contribution in [3.8, 4) is 0 Å². The van der Waals surface area contributed by atoms with E-state index in [9.17, 15) is 0 Å². The van der Waals surface area contributed by atoms with E-state index in [4.69, 9.17) is 23.4 Å². The highest BCUT2D eigenvalue weighted by Crippen LogP contribution is 2.44. The van der Waals surface area contributed by atoms with Crippen LogP contribution in [0.1, 0.15) is 32.1 Å². The number of fused-ring (bicyclic) bond motifs is 1. The third kappa shape index (κ3) is 4.29. The van der Waals surface area contributed by atoms with Crippen LogP contribution in [0.4, 0.5) is 0 Å². The van der Waals surface area contributed by atoms with Crippen LogP contribution in [-0.2, 0) is 23.4 Å². The highest BCUT2D eigenvalue weighted by Gasteiger charge is 2.50. The predicted octanol–water partition coefficient (Wildman–Crippen LogP) is 3.73. The van der Waals surface area contributed by atoms with Gasteiger partial charge in [0.05, 0.1) is 6.61 Å². The Hall–Kier alpha value is -0.663. The van der Waals surface area contributed by atoms with Gasteiger partial charge in [-0.15, -0.1) is 0 Å². The summed E-state index contributed by atoms with van der Waals surface area (Å²) in [5, 5.41) is 0. The molecule has 1 saturated heterocycles. The fraction of sp³-hybridized carbons (Fsp3) is 0.778. The molecule has 1 saturated carbocycles. The van der Waals surface area contributed by atoms with Gasteiger partial charge >= 0.3 is 0 Å². The Morgan fingerprint density at radius 1 is 1.17 bits per heavy atom. The first-order valence-electron chi connectivity index (χ1n) is 8.94. The fourth-order valence-electron chi connectivity index (χ4n) is 3.60. The summed E-state index contributed by atoms with van der Waals surface area (Å²) in [5.74, 6) is 0.481. The van der Waals surface area contributed by atoms with Gasteiger partial charge < -0.3 is 23.4 Å². The summed E-state index contributed by atoms with van der Waals surface area (Å²) < 4.78 is 29.6. The highest BCUT2D eigenvalue weighted by molar-refractivity contribution is 6.70. The van der Waals surface area contributed by atoms with Crippen LogP contribution in [0.5, 0.6) is 0 Å². The van der Waals surface area contributed by atoms with Crippen LogP contribution in [-0.4, -0.2) is 46.8 Å². The number of methoxy groups -OCH3 is 1. The maximum absolute atomic E-state index is 6.42. The largest absolute Gasteiger partial charge is 0.545 e. The van der Waals surface area contributed by atoms with Gasteiger partial charge in [-0.2, -0.15) is 0 Å². The topological polar surface area (TPSA) is 46.2 Å². The molecule has 0 unspecified atom stereocenters. The van der Waals surface area contributed by atoms with Gasteiger partial charge in [0.2, 0.25) is 8.32 Å². The lowest BCUT2D eigenvalue weighted by Gasteiger charge is -2.32. The molecule has 0 aromatic rings. The monoisotopic (exact) mass is 354 g/mol. The van der Waals surface area contributed by atoms with E-state index in [0.717, 1.165) is 24.2 Å². The number of ether oxygens (including phenoxy) is 4. The minimum atomic E-state index is -1.73. The van der Waals surface area contributed by atoms with Gasteiger partial charge in [-0.1, -0.05) is 6.42 Å². The van der Waals surface area contributed by atoms with E-state index in [0.29, 0.717) is 6.61 Å². The van der Waals surface area contributed by atoms with Gasteiger partial charge in [-0.3, -0.25) is 0 Å². The molecule has 1 spiro atoms. The molecule has 24 heavy (non-hydrogen) atoms. The van der Waals surface area contributed by atoms with Crippen LogP contribution < -0.4 is 0 Å². The highest BCUT2D eigenvalue weighted by atomic mass is 28.4. The second-order valence-electron chi connectivity index (χ2n) is 7.85. The van der Waals surface area contributed by atoms with E-state index in [1.54, 1.807) is 7.11 Å². The van der Waals surface area contributed by atoms with E-state index < -0.39 is 14.1 Å².